The normalized spacial score (nSPS) is 17.8. The molecule has 1 aromatic heterocycles. The maximum Gasteiger partial charge on any atom is 0.191 e. The maximum absolute atomic E-state index is 6.02. The van der Waals surface area contributed by atoms with Gasteiger partial charge in [0.25, 0.3) is 0 Å². The summed E-state index contributed by atoms with van der Waals surface area (Å²) >= 11 is 0. The van der Waals surface area contributed by atoms with Crippen LogP contribution in [-0.2, 0) is 6.54 Å². The van der Waals surface area contributed by atoms with Crippen molar-refractivity contribution in [1.82, 2.24) is 20.4 Å². The lowest BCUT2D eigenvalue weighted by atomic mass is 10.0. The molecule has 0 bridgehead atoms. The lowest BCUT2D eigenvalue weighted by Crippen LogP contribution is -2.55. The smallest absolute Gasteiger partial charge is 0.191 e. The van der Waals surface area contributed by atoms with Gasteiger partial charge in [-0.3, -0.25) is 4.90 Å². The Kier molecular flexibility index (Phi) is 7.56. The number of hydrogen-bond donors (Lipinski definition) is 2. The van der Waals surface area contributed by atoms with Gasteiger partial charge in [-0.1, -0.05) is 32.0 Å². The van der Waals surface area contributed by atoms with Crippen LogP contribution in [0.4, 0.5) is 0 Å². The fraction of sp³-hybridized carbons (Fsp3) is 0.609. The second-order valence-corrected chi connectivity index (χ2v) is 8.37. The molecule has 1 unspecified atom stereocenters. The number of nitrogens with one attached hydrogen (secondary N) is 2. The summed E-state index contributed by atoms with van der Waals surface area (Å²) in [5.74, 6) is 2.38. The number of likely N-dealkylation sites (N-methyl/N-ethyl adjacent to an activating group) is 1. The van der Waals surface area contributed by atoms with Crippen molar-refractivity contribution in [2.75, 3.05) is 46.3 Å². The van der Waals surface area contributed by atoms with Crippen LogP contribution in [0.15, 0.2) is 33.7 Å². The lowest BCUT2D eigenvalue weighted by Gasteiger charge is -2.40. The molecule has 0 amide bonds. The SMILES string of the molecule is CCNC(=NCc1oc2ccccc2c1C)NCC(C(C)C)N1CCN(C)CC1. The molecule has 2 aromatic rings. The van der Waals surface area contributed by atoms with Crippen molar-refractivity contribution in [2.45, 2.75) is 40.3 Å². The number of rotatable bonds is 7. The number of aryl methyl sites for hydroxylation is 1. The van der Waals surface area contributed by atoms with Crippen molar-refractivity contribution < 1.29 is 4.42 Å². The third-order valence-corrected chi connectivity index (χ3v) is 5.92. The predicted molar refractivity (Wildman–Crippen MR) is 121 cm³/mol. The van der Waals surface area contributed by atoms with Gasteiger partial charge in [0.1, 0.15) is 17.9 Å². The number of hydrogen-bond acceptors (Lipinski definition) is 4. The predicted octanol–water partition coefficient (Wildman–Crippen LogP) is 3.07. The molecule has 3 rings (SSSR count). The zero-order chi connectivity index (χ0) is 20.8. The third kappa shape index (κ3) is 5.52. The van der Waals surface area contributed by atoms with Gasteiger partial charge in [0, 0.05) is 56.3 Å². The Hall–Kier alpha value is -2.05. The van der Waals surface area contributed by atoms with Crippen LogP contribution in [0.25, 0.3) is 11.0 Å². The second-order valence-electron chi connectivity index (χ2n) is 8.37. The zero-order valence-electron chi connectivity index (χ0n) is 18.7. The molecule has 1 aliphatic rings. The molecule has 0 aliphatic carbocycles. The van der Waals surface area contributed by atoms with Gasteiger partial charge in [0.15, 0.2) is 5.96 Å². The van der Waals surface area contributed by atoms with Gasteiger partial charge >= 0.3 is 0 Å². The molecular formula is C23H37N5O. The molecule has 0 spiro atoms. The molecule has 160 valence electrons. The lowest BCUT2D eigenvalue weighted by molar-refractivity contribution is 0.0900. The van der Waals surface area contributed by atoms with Crippen LogP contribution in [0.3, 0.4) is 0 Å². The van der Waals surface area contributed by atoms with E-state index in [-0.39, 0.29) is 0 Å². The van der Waals surface area contributed by atoms with Gasteiger partial charge in [-0.15, -0.1) is 0 Å². The van der Waals surface area contributed by atoms with Crippen LogP contribution >= 0.6 is 0 Å². The van der Waals surface area contributed by atoms with Crippen molar-refractivity contribution >= 4 is 16.9 Å². The molecule has 1 aliphatic heterocycles. The number of guanidine groups is 1. The van der Waals surface area contributed by atoms with Crippen LogP contribution < -0.4 is 10.6 Å². The van der Waals surface area contributed by atoms with Gasteiger partial charge in [0.2, 0.25) is 0 Å². The number of para-hydroxylation sites is 1. The highest BCUT2D eigenvalue weighted by Crippen LogP contribution is 2.25. The summed E-state index contributed by atoms with van der Waals surface area (Å²) in [6.07, 6.45) is 0. The van der Waals surface area contributed by atoms with E-state index >= 15 is 0 Å². The molecule has 6 heteroatoms. The Morgan fingerprint density at radius 2 is 1.86 bits per heavy atom. The molecule has 0 radical (unpaired) electrons. The van der Waals surface area contributed by atoms with Crippen LogP contribution in [0.2, 0.25) is 0 Å². The first kappa shape index (κ1) is 21.7. The first-order valence-corrected chi connectivity index (χ1v) is 10.9. The van der Waals surface area contributed by atoms with Crippen LogP contribution in [-0.4, -0.2) is 68.1 Å². The quantitative estimate of drug-likeness (QED) is 0.554. The molecule has 1 atom stereocenters. The number of fused-ring (bicyclic) bond motifs is 1. The minimum atomic E-state index is 0.500. The molecule has 2 N–H and O–H groups in total. The minimum absolute atomic E-state index is 0.500. The van der Waals surface area contributed by atoms with E-state index in [1.165, 1.54) is 10.9 Å². The molecule has 1 fully saturated rings. The Bertz CT molecular complexity index is 805. The fourth-order valence-corrected chi connectivity index (χ4v) is 4.01. The van der Waals surface area contributed by atoms with Crippen LogP contribution in [0.5, 0.6) is 0 Å². The monoisotopic (exact) mass is 399 g/mol. The summed E-state index contributed by atoms with van der Waals surface area (Å²) in [6.45, 7) is 15.7. The molecule has 1 aromatic carbocycles. The third-order valence-electron chi connectivity index (χ3n) is 5.92. The number of piperazine rings is 1. The largest absolute Gasteiger partial charge is 0.459 e. The van der Waals surface area contributed by atoms with Crippen molar-refractivity contribution in [3.8, 4) is 0 Å². The highest BCUT2D eigenvalue weighted by atomic mass is 16.3. The van der Waals surface area contributed by atoms with E-state index in [9.17, 15) is 0 Å². The first-order valence-electron chi connectivity index (χ1n) is 10.9. The summed E-state index contributed by atoms with van der Waals surface area (Å²) in [6, 6.07) is 8.68. The van der Waals surface area contributed by atoms with E-state index < -0.39 is 0 Å². The number of nitrogens with zero attached hydrogens (tertiary/aromatic N) is 3. The van der Waals surface area contributed by atoms with Crippen molar-refractivity contribution in [3.63, 3.8) is 0 Å². The van der Waals surface area contributed by atoms with Crippen molar-refractivity contribution in [3.05, 3.63) is 35.6 Å². The van der Waals surface area contributed by atoms with Gasteiger partial charge in [-0.25, -0.2) is 4.99 Å². The molecule has 29 heavy (non-hydrogen) atoms. The number of furan rings is 1. The molecule has 1 saturated heterocycles. The van der Waals surface area contributed by atoms with E-state index in [4.69, 9.17) is 9.41 Å². The van der Waals surface area contributed by atoms with Gasteiger partial charge < -0.3 is 20.0 Å². The Labute approximate surface area is 175 Å². The van der Waals surface area contributed by atoms with Crippen molar-refractivity contribution in [2.24, 2.45) is 10.9 Å². The number of benzene rings is 1. The van der Waals surface area contributed by atoms with Gasteiger partial charge in [-0.05, 0) is 32.9 Å². The molecule has 2 heterocycles. The maximum atomic E-state index is 6.02. The van der Waals surface area contributed by atoms with Crippen LogP contribution in [0.1, 0.15) is 32.1 Å². The standard InChI is InChI=1S/C23H37N5O/c1-6-24-23(25-15-20(17(2)3)28-13-11-27(5)12-14-28)26-16-22-18(4)19-9-7-8-10-21(19)29-22/h7-10,17,20H,6,11-16H2,1-5H3,(H2,24,25,26). The first-order chi connectivity index (χ1) is 14.0. The molecule has 6 nitrogen and oxygen atoms in total. The van der Waals surface area contributed by atoms with E-state index in [1.54, 1.807) is 0 Å². The Balaban J connectivity index is 1.65. The summed E-state index contributed by atoms with van der Waals surface area (Å²) in [5.41, 5.74) is 2.11. The summed E-state index contributed by atoms with van der Waals surface area (Å²) < 4.78 is 6.02. The summed E-state index contributed by atoms with van der Waals surface area (Å²) in [4.78, 5) is 9.82. The Morgan fingerprint density at radius 3 is 2.52 bits per heavy atom. The number of aliphatic imine (C=N–C) groups is 1. The van der Waals surface area contributed by atoms with E-state index in [0.717, 1.165) is 56.6 Å². The second kappa shape index (κ2) is 10.1. The topological polar surface area (TPSA) is 56.0 Å². The summed E-state index contributed by atoms with van der Waals surface area (Å²) in [5, 5.41) is 8.13. The highest BCUT2D eigenvalue weighted by molar-refractivity contribution is 5.82. The van der Waals surface area contributed by atoms with Crippen LogP contribution in [0, 0.1) is 12.8 Å². The average Bonchev–Trinajstić information content (AvgIpc) is 3.03. The van der Waals surface area contributed by atoms with Crippen molar-refractivity contribution in [1.29, 1.82) is 0 Å². The van der Waals surface area contributed by atoms with E-state index in [2.05, 4.69) is 61.2 Å². The minimum Gasteiger partial charge on any atom is -0.459 e. The molecule has 0 saturated carbocycles. The summed E-state index contributed by atoms with van der Waals surface area (Å²) in [7, 11) is 2.20. The van der Waals surface area contributed by atoms with E-state index in [0.29, 0.717) is 18.5 Å². The fourth-order valence-electron chi connectivity index (χ4n) is 4.01. The Morgan fingerprint density at radius 1 is 1.14 bits per heavy atom. The zero-order valence-corrected chi connectivity index (χ0v) is 18.7. The van der Waals surface area contributed by atoms with Gasteiger partial charge in [-0.2, -0.15) is 0 Å². The highest BCUT2D eigenvalue weighted by Gasteiger charge is 2.25. The van der Waals surface area contributed by atoms with Gasteiger partial charge in [0.05, 0.1) is 0 Å². The molecular weight excluding hydrogens is 362 g/mol. The van der Waals surface area contributed by atoms with E-state index in [1.807, 2.05) is 18.2 Å². The average molecular weight is 400 g/mol.